The number of likely N-dealkylation sites (N-methyl/N-ethyl adjacent to an activating group) is 1. The average molecular weight is 431 g/mol. The van der Waals surface area contributed by atoms with E-state index >= 15 is 0 Å². The maximum Gasteiger partial charge on any atom is 0.251 e. The molecule has 8 heteroatoms. The fourth-order valence-electron chi connectivity index (χ4n) is 3.64. The molecule has 3 aromatic rings. The lowest BCUT2D eigenvalue weighted by molar-refractivity contribution is -0.117. The van der Waals surface area contributed by atoms with Crippen molar-refractivity contribution >= 4 is 29.1 Å². The van der Waals surface area contributed by atoms with Crippen molar-refractivity contribution < 1.29 is 14.3 Å². The molecule has 2 N–H and O–H groups in total. The van der Waals surface area contributed by atoms with Crippen LogP contribution in [0.1, 0.15) is 22.8 Å². The summed E-state index contributed by atoms with van der Waals surface area (Å²) < 4.78 is 5.05. The van der Waals surface area contributed by atoms with Crippen LogP contribution in [-0.2, 0) is 16.0 Å². The number of rotatable bonds is 6. The molecule has 1 aliphatic heterocycles. The number of nitrogens with zero attached hydrogens (tertiary/aromatic N) is 3. The van der Waals surface area contributed by atoms with Crippen molar-refractivity contribution in [3.8, 4) is 11.3 Å². The van der Waals surface area contributed by atoms with Gasteiger partial charge in [-0.3, -0.25) is 9.59 Å². The molecule has 1 atom stereocenters. The second-order valence-electron chi connectivity index (χ2n) is 7.75. The Bertz CT molecular complexity index is 1150. The maximum atomic E-state index is 12.5. The highest BCUT2D eigenvalue weighted by atomic mass is 16.5. The largest absolute Gasteiger partial charge is 0.383 e. The van der Waals surface area contributed by atoms with Crippen molar-refractivity contribution in [3.63, 3.8) is 0 Å². The molecule has 2 amide bonds. The highest BCUT2D eigenvalue weighted by Crippen LogP contribution is 2.35. The lowest BCUT2D eigenvalue weighted by atomic mass is 10.1. The van der Waals surface area contributed by atoms with E-state index in [9.17, 15) is 9.59 Å². The number of ether oxygens (including phenoxy) is 1. The zero-order valence-electron chi connectivity index (χ0n) is 18.3. The SMILES string of the molecule is COCC(C)NC(=O)c1ccc(Nc2ncc3c(n2)-c2ccccc2N(C)C(=O)C3)cc1. The van der Waals surface area contributed by atoms with Crippen LogP contribution in [0, 0.1) is 0 Å². The number of carbonyl (C=O) groups excluding carboxylic acids is 2. The fourth-order valence-corrected chi connectivity index (χ4v) is 3.64. The summed E-state index contributed by atoms with van der Waals surface area (Å²) in [6.07, 6.45) is 1.93. The molecular weight excluding hydrogens is 406 g/mol. The lowest BCUT2D eigenvalue weighted by Gasteiger charge is -2.16. The van der Waals surface area contributed by atoms with Gasteiger partial charge in [-0.25, -0.2) is 9.97 Å². The predicted octanol–water partition coefficient (Wildman–Crippen LogP) is 3.17. The van der Waals surface area contributed by atoms with Crippen molar-refractivity contribution in [1.29, 1.82) is 0 Å². The van der Waals surface area contributed by atoms with E-state index in [0.29, 0.717) is 18.1 Å². The van der Waals surface area contributed by atoms with Crippen molar-refractivity contribution in [1.82, 2.24) is 15.3 Å². The zero-order chi connectivity index (χ0) is 22.7. The molecule has 0 aliphatic carbocycles. The number of para-hydroxylation sites is 1. The molecule has 0 saturated heterocycles. The van der Waals surface area contributed by atoms with Gasteiger partial charge in [0.2, 0.25) is 11.9 Å². The number of amides is 2. The van der Waals surface area contributed by atoms with E-state index in [4.69, 9.17) is 9.72 Å². The number of hydrogen-bond acceptors (Lipinski definition) is 6. The minimum atomic E-state index is -0.159. The quantitative estimate of drug-likeness (QED) is 0.622. The zero-order valence-corrected chi connectivity index (χ0v) is 18.3. The fraction of sp³-hybridized carbons (Fsp3) is 0.250. The Hall–Kier alpha value is -3.78. The number of nitrogens with one attached hydrogen (secondary N) is 2. The van der Waals surface area contributed by atoms with Crippen LogP contribution in [0.2, 0.25) is 0 Å². The van der Waals surface area contributed by atoms with Crippen molar-refractivity contribution in [2.24, 2.45) is 0 Å². The summed E-state index contributed by atoms with van der Waals surface area (Å²) in [5.74, 6) is 0.253. The maximum absolute atomic E-state index is 12.5. The first-order chi connectivity index (χ1) is 15.5. The molecule has 164 valence electrons. The van der Waals surface area contributed by atoms with E-state index in [1.54, 1.807) is 49.5 Å². The first-order valence-corrected chi connectivity index (χ1v) is 10.3. The van der Waals surface area contributed by atoms with E-state index in [2.05, 4.69) is 15.6 Å². The van der Waals surface area contributed by atoms with Gasteiger partial charge in [-0.15, -0.1) is 0 Å². The van der Waals surface area contributed by atoms with E-state index in [-0.39, 0.29) is 24.3 Å². The van der Waals surface area contributed by atoms with E-state index in [1.165, 1.54) is 0 Å². The third-order valence-corrected chi connectivity index (χ3v) is 5.30. The minimum absolute atomic E-state index is 0.00538. The summed E-state index contributed by atoms with van der Waals surface area (Å²) in [4.78, 5) is 35.6. The highest BCUT2D eigenvalue weighted by molar-refractivity contribution is 6.01. The Kier molecular flexibility index (Phi) is 6.13. The molecule has 0 saturated carbocycles. The lowest BCUT2D eigenvalue weighted by Crippen LogP contribution is -2.35. The Morgan fingerprint density at radius 1 is 1.19 bits per heavy atom. The smallest absolute Gasteiger partial charge is 0.251 e. The average Bonchev–Trinajstić information content (AvgIpc) is 2.89. The molecule has 32 heavy (non-hydrogen) atoms. The van der Waals surface area contributed by atoms with Gasteiger partial charge in [0, 0.05) is 48.8 Å². The molecule has 2 heterocycles. The molecular formula is C24H25N5O3. The monoisotopic (exact) mass is 431 g/mol. The summed E-state index contributed by atoms with van der Waals surface area (Å²) in [7, 11) is 3.37. The third-order valence-electron chi connectivity index (χ3n) is 5.30. The predicted molar refractivity (Wildman–Crippen MR) is 123 cm³/mol. The van der Waals surface area contributed by atoms with Crippen molar-refractivity contribution in [2.75, 3.05) is 31.0 Å². The van der Waals surface area contributed by atoms with Crippen LogP contribution in [-0.4, -0.2) is 48.6 Å². The van der Waals surface area contributed by atoms with Gasteiger partial charge in [0.15, 0.2) is 0 Å². The number of carbonyl (C=O) groups is 2. The number of aromatic nitrogens is 2. The van der Waals surface area contributed by atoms with Gasteiger partial charge in [0.1, 0.15) is 0 Å². The number of methoxy groups -OCH3 is 1. The molecule has 0 spiro atoms. The standard InChI is InChI=1S/C24H25N5O3/c1-15(14-32-3)26-23(31)16-8-10-18(11-9-16)27-24-25-13-17-12-21(30)29(2)20-7-5-4-6-19(20)22(17)28-24/h4-11,13,15H,12,14H2,1-3H3,(H,26,31)(H,25,27,28). The molecule has 1 unspecified atom stereocenters. The Labute approximate surface area is 186 Å². The van der Waals surface area contributed by atoms with Crippen molar-refractivity contribution in [2.45, 2.75) is 19.4 Å². The molecule has 0 bridgehead atoms. The first-order valence-electron chi connectivity index (χ1n) is 10.3. The molecule has 4 rings (SSSR count). The molecule has 1 aromatic heterocycles. The van der Waals surface area contributed by atoms with Gasteiger partial charge < -0.3 is 20.3 Å². The van der Waals surface area contributed by atoms with Gasteiger partial charge >= 0.3 is 0 Å². The third kappa shape index (κ3) is 4.45. The highest BCUT2D eigenvalue weighted by Gasteiger charge is 2.24. The van der Waals surface area contributed by atoms with Crippen molar-refractivity contribution in [3.05, 3.63) is 65.9 Å². The van der Waals surface area contributed by atoms with Gasteiger partial charge in [-0.1, -0.05) is 18.2 Å². The summed E-state index contributed by atoms with van der Waals surface area (Å²) in [5, 5.41) is 6.06. The van der Waals surface area contributed by atoms with Crippen LogP contribution in [0.15, 0.2) is 54.7 Å². The Balaban J connectivity index is 1.55. The summed E-state index contributed by atoms with van der Waals surface area (Å²) in [6.45, 7) is 2.34. The molecule has 1 aliphatic rings. The Morgan fingerprint density at radius 2 is 1.94 bits per heavy atom. The van der Waals surface area contributed by atoms with Crippen LogP contribution in [0.25, 0.3) is 11.3 Å². The van der Waals surface area contributed by atoms with Gasteiger partial charge in [-0.2, -0.15) is 0 Å². The normalized spacial score (nSPS) is 13.6. The summed E-state index contributed by atoms with van der Waals surface area (Å²) in [6, 6.07) is 14.7. The van der Waals surface area contributed by atoms with Crippen LogP contribution in [0.3, 0.4) is 0 Å². The molecule has 8 nitrogen and oxygen atoms in total. The Morgan fingerprint density at radius 3 is 2.69 bits per heavy atom. The number of benzene rings is 2. The summed E-state index contributed by atoms with van der Waals surface area (Å²) in [5.41, 5.74) is 4.53. The van der Waals surface area contributed by atoms with Crippen LogP contribution >= 0.6 is 0 Å². The number of fused-ring (bicyclic) bond motifs is 3. The summed E-state index contributed by atoms with van der Waals surface area (Å²) >= 11 is 0. The van der Waals surface area contributed by atoms with Gasteiger partial charge in [0.25, 0.3) is 5.91 Å². The van der Waals surface area contributed by atoms with E-state index in [1.807, 2.05) is 31.2 Å². The van der Waals surface area contributed by atoms with Gasteiger partial charge in [0.05, 0.1) is 24.4 Å². The van der Waals surface area contributed by atoms with Crippen LogP contribution in [0.4, 0.5) is 17.3 Å². The second-order valence-corrected chi connectivity index (χ2v) is 7.75. The second kappa shape index (κ2) is 9.15. The van der Waals surface area contributed by atoms with Crippen LogP contribution in [0.5, 0.6) is 0 Å². The molecule has 0 radical (unpaired) electrons. The first kappa shape index (κ1) is 21.5. The van der Waals surface area contributed by atoms with Crippen LogP contribution < -0.4 is 15.5 Å². The van der Waals surface area contributed by atoms with E-state index in [0.717, 1.165) is 28.2 Å². The van der Waals surface area contributed by atoms with E-state index < -0.39 is 0 Å². The topological polar surface area (TPSA) is 96.4 Å². The number of hydrogen-bond donors (Lipinski definition) is 2. The molecule has 0 fully saturated rings. The van der Waals surface area contributed by atoms with Gasteiger partial charge in [-0.05, 0) is 37.3 Å². The minimum Gasteiger partial charge on any atom is -0.383 e. The molecule has 2 aromatic carbocycles. The number of anilines is 3.